The summed E-state index contributed by atoms with van der Waals surface area (Å²) < 4.78 is 0. The Balaban J connectivity index is 1.95. The second-order valence-electron chi connectivity index (χ2n) is 4.80. The highest BCUT2D eigenvalue weighted by Gasteiger charge is 2.23. The molecule has 0 radical (unpaired) electrons. The summed E-state index contributed by atoms with van der Waals surface area (Å²) in [4.78, 5) is 16.6. The zero-order chi connectivity index (χ0) is 13.0. The summed E-state index contributed by atoms with van der Waals surface area (Å²) in [5, 5.41) is 9.43. The molecule has 1 aromatic heterocycles. The number of piperidine rings is 1. The molecule has 4 nitrogen and oxygen atoms in total. The summed E-state index contributed by atoms with van der Waals surface area (Å²) >= 11 is 1.62. The van der Waals surface area contributed by atoms with Gasteiger partial charge < -0.3 is 10.6 Å². The lowest BCUT2D eigenvalue weighted by molar-refractivity contribution is -0.124. The Morgan fingerprint density at radius 2 is 2.50 bits per heavy atom. The summed E-state index contributed by atoms with van der Waals surface area (Å²) in [5.74, 6) is 0.120. The second-order valence-corrected chi connectivity index (χ2v) is 5.69. The minimum absolute atomic E-state index is 0.0196. The van der Waals surface area contributed by atoms with E-state index >= 15 is 0 Å². The van der Waals surface area contributed by atoms with E-state index in [0.717, 1.165) is 36.5 Å². The summed E-state index contributed by atoms with van der Waals surface area (Å²) in [6, 6.07) is 0.0359. The van der Waals surface area contributed by atoms with Crippen LogP contribution >= 0.6 is 11.3 Å². The first kappa shape index (κ1) is 13.5. The highest BCUT2D eigenvalue weighted by Crippen LogP contribution is 2.21. The van der Waals surface area contributed by atoms with Gasteiger partial charge in [0.1, 0.15) is 5.01 Å². The average molecular weight is 267 g/mol. The molecule has 2 heterocycles. The summed E-state index contributed by atoms with van der Waals surface area (Å²) in [6.45, 7) is 5.01. The van der Waals surface area contributed by atoms with Gasteiger partial charge in [0.15, 0.2) is 0 Å². The van der Waals surface area contributed by atoms with E-state index in [2.05, 4.69) is 22.5 Å². The Bertz CT molecular complexity index is 399. The van der Waals surface area contributed by atoms with Crippen LogP contribution in [0.15, 0.2) is 5.38 Å². The van der Waals surface area contributed by atoms with Crippen molar-refractivity contribution in [1.82, 2.24) is 15.6 Å². The van der Waals surface area contributed by atoms with Gasteiger partial charge in [0.05, 0.1) is 12.1 Å². The third kappa shape index (κ3) is 3.29. The molecule has 5 heteroatoms. The van der Waals surface area contributed by atoms with E-state index < -0.39 is 0 Å². The van der Waals surface area contributed by atoms with Crippen LogP contribution in [-0.4, -0.2) is 23.5 Å². The Labute approximate surface area is 112 Å². The number of aryl methyl sites for hydroxylation is 1. The van der Waals surface area contributed by atoms with Gasteiger partial charge in [-0.1, -0.05) is 13.3 Å². The van der Waals surface area contributed by atoms with Crippen molar-refractivity contribution in [1.29, 1.82) is 0 Å². The third-order valence-corrected chi connectivity index (χ3v) is 4.36. The molecule has 0 saturated carbocycles. The van der Waals surface area contributed by atoms with E-state index in [1.54, 1.807) is 11.3 Å². The number of carbonyl (C=O) groups is 1. The molecular formula is C13H21N3OS. The molecule has 0 aromatic carbocycles. The minimum Gasteiger partial charge on any atom is -0.346 e. The van der Waals surface area contributed by atoms with Gasteiger partial charge in [-0.25, -0.2) is 4.98 Å². The van der Waals surface area contributed by atoms with Crippen LogP contribution in [0.2, 0.25) is 0 Å². The highest BCUT2D eigenvalue weighted by atomic mass is 32.1. The van der Waals surface area contributed by atoms with Crippen molar-refractivity contribution in [3.05, 3.63) is 16.1 Å². The molecule has 1 saturated heterocycles. The fraction of sp³-hybridized carbons (Fsp3) is 0.692. The van der Waals surface area contributed by atoms with E-state index in [-0.39, 0.29) is 18.0 Å². The number of rotatable bonds is 4. The SMILES string of the molecule is CCC(NC(=O)[C@H]1CCCCN1)c1nc(C)cs1. The number of hydrogen-bond donors (Lipinski definition) is 2. The van der Waals surface area contributed by atoms with Gasteiger partial charge in [0, 0.05) is 11.1 Å². The third-order valence-electron chi connectivity index (χ3n) is 3.29. The summed E-state index contributed by atoms with van der Waals surface area (Å²) in [5.41, 5.74) is 1.03. The van der Waals surface area contributed by atoms with Gasteiger partial charge >= 0.3 is 0 Å². The number of hydrogen-bond acceptors (Lipinski definition) is 4. The number of amides is 1. The summed E-state index contributed by atoms with van der Waals surface area (Å²) in [6.07, 6.45) is 4.13. The fourth-order valence-corrected chi connectivity index (χ4v) is 3.15. The first-order valence-electron chi connectivity index (χ1n) is 6.66. The van der Waals surface area contributed by atoms with Crippen molar-refractivity contribution in [2.45, 2.75) is 51.6 Å². The lowest BCUT2D eigenvalue weighted by atomic mass is 10.0. The Morgan fingerprint density at radius 1 is 1.67 bits per heavy atom. The molecule has 1 aromatic rings. The van der Waals surface area contributed by atoms with Crippen molar-refractivity contribution in [2.75, 3.05) is 6.54 Å². The minimum atomic E-state index is -0.0196. The molecule has 0 aliphatic carbocycles. The molecule has 2 atom stereocenters. The van der Waals surface area contributed by atoms with Crippen LogP contribution in [0.3, 0.4) is 0 Å². The lowest BCUT2D eigenvalue weighted by Crippen LogP contribution is -2.47. The maximum absolute atomic E-state index is 12.2. The number of nitrogens with one attached hydrogen (secondary N) is 2. The number of thiazole rings is 1. The van der Waals surface area contributed by atoms with E-state index in [1.165, 1.54) is 6.42 Å². The molecule has 2 N–H and O–H groups in total. The van der Waals surface area contributed by atoms with Crippen LogP contribution in [0.5, 0.6) is 0 Å². The van der Waals surface area contributed by atoms with Gasteiger partial charge in [-0.3, -0.25) is 4.79 Å². The summed E-state index contributed by atoms with van der Waals surface area (Å²) in [7, 11) is 0. The maximum Gasteiger partial charge on any atom is 0.237 e. The topological polar surface area (TPSA) is 54.0 Å². The molecule has 2 rings (SSSR count). The molecule has 0 bridgehead atoms. The fourth-order valence-electron chi connectivity index (χ4n) is 2.22. The van der Waals surface area contributed by atoms with E-state index in [4.69, 9.17) is 0 Å². The zero-order valence-corrected chi connectivity index (χ0v) is 11.8. The average Bonchev–Trinajstić information content (AvgIpc) is 2.83. The van der Waals surface area contributed by atoms with Gasteiger partial charge in [-0.05, 0) is 32.7 Å². The largest absolute Gasteiger partial charge is 0.346 e. The first-order valence-corrected chi connectivity index (χ1v) is 7.54. The van der Waals surface area contributed by atoms with Gasteiger partial charge in [0.25, 0.3) is 0 Å². The molecule has 0 spiro atoms. The van der Waals surface area contributed by atoms with Crippen LogP contribution in [0, 0.1) is 6.92 Å². The lowest BCUT2D eigenvalue weighted by Gasteiger charge is -2.24. The molecule has 100 valence electrons. The Kier molecular flexibility index (Phi) is 4.72. The molecule has 1 amide bonds. The van der Waals surface area contributed by atoms with Crippen LogP contribution in [0.1, 0.15) is 49.4 Å². The van der Waals surface area contributed by atoms with E-state index in [9.17, 15) is 4.79 Å². The van der Waals surface area contributed by atoms with Crippen LogP contribution in [0.25, 0.3) is 0 Å². The van der Waals surface area contributed by atoms with Crippen molar-refractivity contribution < 1.29 is 4.79 Å². The standard InChI is InChI=1S/C13H21N3OS/c1-3-10(13-15-9(2)8-18-13)16-12(17)11-6-4-5-7-14-11/h8,10-11,14H,3-7H2,1-2H3,(H,16,17)/t10?,11-/m1/s1. The number of carbonyl (C=O) groups excluding carboxylic acids is 1. The molecule has 1 aliphatic rings. The van der Waals surface area contributed by atoms with Gasteiger partial charge in [0.2, 0.25) is 5.91 Å². The Morgan fingerprint density at radius 3 is 3.06 bits per heavy atom. The van der Waals surface area contributed by atoms with Crippen LogP contribution < -0.4 is 10.6 Å². The van der Waals surface area contributed by atoms with E-state index in [0.29, 0.717) is 0 Å². The normalized spacial score (nSPS) is 21.6. The predicted molar refractivity (Wildman–Crippen MR) is 73.7 cm³/mol. The quantitative estimate of drug-likeness (QED) is 0.879. The smallest absolute Gasteiger partial charge is 0.237 e. The molecule has 18 heavy (non-hydrogen) atoms. The van der Waals surface area contributed by atoms with E-state index in [1.807, 2.05) is 12.3 Å². The van der Waals surface area contributed by atoms with Crippen molar-refractivity contribution in [3.8, 4) is 0 Å². The zero-order valence-electron chi connectivity index (χ0n) is 11.0. The van der Waals surface area contributed by atoms with Gasteiger partial charge in [-0.2, -0.15) is 0 Å². The van der Waals surface area contributed by atoms with Crippen molar-refractivity contribution >= 4 is 17.2 Å². The van der Waals surface area contributed by atoms with Gasteiger partial charge in [-0.15, -0.1) is 11.3 Å². The molecule has 1 fully saturated rings. The maximum atomic E-state index is 12.2. The van der Waals surface area contributed by atoms with Crippen LogP contribution in [0.4, 0.5) is 0 Å². The monoisotopic (exact) mass is 267 g/mol. The second kappa shape index (κ2) is 6.29. The van der Waals surface area contributed by atoms with Crippen LogP contribution in [-0.2, 0) is 4.79 Å². The highest BCUT2D eigenvalue weighted by molar-refractivity contribution is 7.09. The Hall–Kier alpha value is -0.940. The number of aromatic nitrogens is 1. The van der Waals surface area contributed by atoms with Crippen molar-refractivity contribution in [2.24, 2.45) is 0 Å². The molecule has 1 aliphatic heterocycles. The molecular weight excluding hydrogens is 246 g/mol. The number of nitrogens with zero attached hydrogens (tertiary/aromatic N) is 1. The first-order chi connectivity index (χ1) is 8.70. The van der Waals surface area contributed by atoms with Crippen molar-refractivity contribution in [3.63, 3.8) is 0 Å². The predicted octanol–water partition coefficient (Wildman–Crippen LogP) is 2.16. The molecule has 1 unspecified atom stereocenters.